The molecule has 0 spiro atoms. The summed E-state index contributed by atoms with van der Waals surface area (Å²) in [5.74, 6) is 19.1. The van der Waals surface area contributed by atoms with E-state index in [0.717, 1.165) is 56.7 Å². The van der Waals surface area contributed by atoms with Gasteiger partial charge in [-0.1, -0.05) is 120 Å². The van der Waals surface area contributed by atoms with E-state index in [4.69, 9.17) is 0 Å². The molecule has 1 aliphatic carbocycles. The number of hydrogen-bond acceptors (Lipinski definition) is 2. The Bertz CT molecular complexity index is 2500. The van der Waals surface area contributed by atoms with Crippen LogP contribution in [0.5, 0.6) is 0 Å². The molecule has 4 nitrogen and oxygen atoms in total. The normalized spacial score (nSPS) is 11.9. The van der Waals surface area contributed by atoms with Crippen LogP contribution in [0.1, 0.15) is 67.4 Å². The van der Waals surface area contributed by atoms with E-state index >= 15 is 0 Å². The van der Waals surface area contributed by atoms with Gasteiger partial charge in [0.05, 0.1) is 23.5 Å². The van der Waals surface area contributed by atoms with Crippen molar-refractivity contribution in [3.8, 4) is 35.5 Å². The molecule has 6 aromatic rings. The van der Waals surface area contributed by atoms with Gasteiger partial charge in [-0.3, -0.25) is 9.59 Å². The van der Waals surface area contributed by atoms with Crippen LogP contribution >= 0.6 is 0 Å². The first-order valence-electron chi connectivity index (χ1n) is 17.4. The van der Waals surface area contributed by atoms with Crippen molar-refractivity contribution >= 4 is 23.2 Å². The molecule has 55 heavy (non-hydrogen) atoms. The number of carbonyl (C=O) groups is 2. The quantitative estimate of drug-likeness (QED) is 0.113. The molecule has 0 saturated heterocycles. The Labute approximate surface area is 349 Å². The maximum atomic E-state index is 12.4. The van der Waals surface area contributed by atoms with Crippen LogP contribution in [-0.2, 0) is 17.8 Å². The molecule has 0 radical (unpaired) electrons. The Balaban J connectivity index is 0.000000156. The number of anilines is 2. The number of fused-ring (bicyclic) bond motifs is 6. The summed E-state index contributed by atoms with van der Waals surface area (Å²) in [6.07, 6.45) is 3.21. The van der Waals surface area contributed by atoms with Crippen molar-refractivity contribution in [1.29, 1.82) is 0 Å². The van der Waals surface area contributed by atoms with Crippen molar-refractivity contribution in [2.45, 2.75) is 19.9 Å². The summed E-state index contributed by atoms with van der Waals surface area (Å²) >= 11 is 0. The summed E-state index contributed by atoms with van der Waals surface area (Å²) in [4.78, 5) is 27.8. The fraction of sp³-hybridized carbons (Fsp3) is 0.0800. The topological polar surface area (TPSA) is 40.6 Å². The largest absolute Gasteiger partial charge is 2.00 e. The first-order valence-corrected chi connectivity index (χ1v) is 17.4. The predicted molar refractivity (Wildman–Crippen MR) is 220 cm³/mol. The number of rotatable bonds is 0. The fourth-order valence-electron chi connectivity index (χ4n) is 6.30. The number of nitrogens with zero attached hydrogens (tertiary/aromatic N) is 2. The molecule has 0 saturated carbocycles. The molecule has 0 N–H and O–H groups in total. The van der Waals surface area contributed by atoms with Crippen LogP contribution in [0.3, 0.4) is 0 Å². The summed E-state index contributed by atoms with van der Waals surface area (Å²) in [6, 6.07) is 47.5. The molecule has 0 bridgehead atoms. The van der Waals surface area contributed by atoms with E-state index in [2.05, 4.69) is 78.3 Å². The summed E-state index contributed by atoms with van der Waals surface area (Å²) < 4.78 is 0. The fourth-order valence-corrected chi connectivity index (χ4v) is 6.30. The van der Waals surface area contributed by atoms with Gasteiger partial charge in [-0.2, -0.15) is 18.1 Å². The van der Waals surface area contributed by atoms with Gasteiger partial charge in [0, 0.05) is 41.8 Å². The molecule has 2 heterocycles. The van der Waals surface area contributed by atoms with Crippen molar-refractivity contribution in [3.63, 3.8) is 0 Å². The summed E-state index contributed by atoms with van der Waals surface area (Å²) in [5.41, 5.74) is 11.8. The van der Waals surface area contributed by atoms with Crippen molar-refractivity contribution < 1.29 is 40.7 Å². The maximum absolute atomic E-state index is 12.4. The monoisotopic (exact) mass is 936 g/mol. The zero-order valence-electron chi connectivity index (χ0n) is 31.1. The van der Waals surface area contributed by atoms with Gasteiger partial charge >= 0.3 is 31.1 Å². The van der Waals surface area contributed by atoms with Gasteiger partial charge in [0.15, 0.2) is 0 Å². The zero-order valence-corrected chi connectivity index (χ0v) is 35.2. The van der Waals surface area contributed by atoms with Gasteiger partial charge < -0.3 is 17.2 Å². The predicted octanol–water partition coefficient (Wildman–Crippen LogP) is 9.27. The Morgan fingerprint density at radius 3 is 1.65 bits per heavy atom. The van der Waals surface area contributed by atoms with Gasteiger partial charge in [-0.25, -0.2) is 0 Å². The van der Waals surface area contributed by atoms with E-state index in [9.17, 15) is 9.59 Å². The number of benzene rings is 6. The Morgan fingerprint density at radius 1 is 0.545 bits per heavy atom. The molecular formula is C50H38N2O2U. The Kier molecular flexibility index (Phi) is 13.7. The van der Waals surface area contributed by atoms with Crippen LogP contribution in [0.4, 0.5) is 11.4 Å². The third-order valence-corrected chi connectivity index (χ3v) is 9.16. The molecule has 3 aliphatic rings. The average molecular weight is 937 g/mol. The van der Waals surface area contributed by atoms with Crippen molar-refractivity contribution in [3.05, 3.63) is 215 Å². The molecule has 0 fully saturated rings. The zero-order chi connectivity index (χ0) is 36.6. The molecule has 2 aliphatic heterocycles. The van der Waals surface area contributed by atoms with Crippen LogP contribution in [0.25, 0.3) is 0 Å². The molecule has 6 aromatic carbocycles. The van der Waals surface area contributed by atoms with Crippen LogP contribution in [0.15, 0.2) is 146 Å². The number of hydrogen-bond donors (Lipinski definition) is 0. The van der Waals surface area contributed by atoms with E-state index in [0.29, 0.717) is 12.1 Å². The van der Waals surface area contributed by atoms with Crippen molar-refractivity contribution in [1.82, 2.24) is 0 Å². The second kappa shape index (κ2) is 18.8. The number of para-hydroxylation sites is 2. The van der Waals surface area contributed by atoms with Gasteiger partial charge in [-0.15, -0.1) is 18.1 Å². The Morgan fingerprint density at radius 2 is 0.982 bits per heavy atom. The molecule has 0 aromatic heterocycles. The minimum absolute atomic E-state index is 0. The summed E-state index contributed by atoms with van der Waals surface area (Å²) in [5, 5.41) is 0. The molecule has 2 amide bonds. The Hall–Kier alpha value is -6.14. The van der Waals surface area contributed by atoms with E-state index < -0.39 is 0 Å². The van der Waals surface area contributed by atoms with Gasteiger partial charge in [-0.05, 0) is 59.7 Å². The van der Waals surface area contributed by atoms with Gasteiger partial charge in [0.25, 0.3) is 5.91 Å². The van der Waals surface area contributed by atoms with Gasteiger partial charge in [0.1, 0.15) is 0 Å². The van der Waals surface area contributed by atoms with E-state index in [1.165, 1.54) is 11.1 Å². The van der Waals surface area contributed by atoms with Crippen molar-refractivity contribution in [2.24, 2.45) is 0 Å². The molecule has 9 rings (SSSR count). The minimum atomic E-state index is -0.0212. The summed E-state index contributed by atoms with van der Waals surface area (Å²) in [7, 11) is 1.78. The third kappa shape index (κ3) is 9.33. The first kappa shape index (κ1) is 40.1. The third-order valence-electron chi connectivity index (χ3n) is 9.16. The molecular weight excluding hydrogens is 899 g/mol. The second-order valence-electron chi connectivity index (χ2n) is 12.6. The SMILES string of the molecule is C1#Cc2ccccc2C[CH-]c2ccccc21.CC(=O)N1Cc2ccccc2C#Cc2ccccc21.CN1C(=O)c2ccccc2C#Cc2ccccc21.[CH3-].[U+2]. The maximum Gasteiger partial charge on any atom is 2.00 e. The number of carbonyl (C=O) groups excluding carboxylic acids is 2. The van der Waals surface area contributed by atoms with Crippen LogP contribution in [0.2, 0.25) is 0 Å². The van der Waals surface area contributed by atoms with E-state index in [1.807, 2.05) is 109 Å². The van der Waals surface area contributed by atoms with E-state index in [-0.39, 0.29) is 50.4 Å². The summed E-state index contributed by atoms with van der Waals surface area (Å²) in [6.45, 7) is 2.16. The standard InChI is InChI=1S/C17H13NO.C16H11NO.C16H11.CH3.U/c1-13(19)18-12-16-8-3-2-6-14(16)10-11-15-7-4-5-9-17(15)18;1-17-15-9-5-3-7-13(15)11-10-12-6-2-4-8-14(12)16(17)18;1-2-6-14-11-12-16-8-4-3-7-15(16)10-9-13(14)5-1;;/h2-9H,12H2,1H3;2-9H,1H3;1-9H,10H2;1H3;/q;;2*-1;+2. The number of amides is 2. The molecule has 0 unspecified atom stereocenters. The second-order valence-corrected chi connectivity index (χ2v) is 12.6. The van der Waals surface area contributed by atoms with E-state index in [1.54, 1.807) is 23.8 Å². The van der Waals surface area contributed by atoms with Crippen LogP contribution in [-0.4, -0.2) is 18.9 Å². The molecule has 264 valence electrons. The van der Waals surface area contributed by atoms with Crippen LogP contribution < -0.4 is 9.80 Å². The van der Waals surface area contributed by atoms with Crippen molar-refractivity contribution in [2.75, 3.05) is 16.8 Å². The first-order chi connectivity index (χ1) is 26.0. The van der Waals surface area contributed by atoms with Gasteiger partial charge in [0.2, 0.25) is 5.91 Å². The smallest absolute Gasteiger partial charge is 0.358 e. The average Bonchev–Trinajstić information content (AvgIpc) is 3.18. The minimum Gasteiger partial charge on any atom is -0.358 e. The van der Waals surface area contributed by atoms with Crippen LogP contribution in [0, 0.1) is 80.5 Å². The molecule has 0 atom stereocenters. The molecule has 5 heteroatoms.